The fourth-order valence-corrected chi connectivity index (χ4v) is 4.50. The van der Waals surface area contributed by atoms with Crippen molar-refractivity contribution in [3.05, 3.63) is 57.5 Å². The standard InChI is InChI=1S/C24H32N4O4/c1-25-10-13-27(14-11-25)24(30)23-20-8-9-26(17-18-4-6-19(31-2)7-5-18)12-15-28(20)22(29)16-21(23)32-3/h4-7,16H,8-15,17H2,1-3H3. The molecule has 1 saturated heterocycles. The van der Waals surface area contributed by atoms with E-state index in [9.17, 15) is 9.59 Å². The molecular weight excluding hydrogens is 408 g/mol. The molecule has 1 aromatic carbocycles. The maximum absolute atomic E-state index is 13.5. The molecule has 2 aromatic rings. The molecule has 2 aliphatic heterocycles. The average Bonchev–Trinajstić information content (AvgIpc) is 3.02. The van der Waals surface area contributed by atoms with E-state index in [2.05, 4.69) is 29.0 Å². The smallest absolute Gasteiger partial charge is 0.259 e. The van der Waals surface area contributed by atoms with E-state index in [0.29, 0.717) is 37.4 Å². The molecule has 172 valence electrons. The lowest BCUT2D eigenvalue weighted by molar-refractivity contribution is 0.0658. The van der Waals surface area contributed by atoms with Crippen molar-refractivity contribution in [2.75, 3.05) is 60.5 Å². The molecule has 0 spiro atoms. The van der Waals surface area contributed by atoms with Crippen LogP contribution in [0.5, 0.6) is 11.5 Å². The van der Waals surface area contributed by atoms with E-state index in [-0.39, 0.29) is 11.5 Å². The molecule has 0 aliphatic carbocycles. The van der Waals surface area contributed by atoms with Crippen LogP contribution in [-0.4, -0.2) is 85.7 Å². The second-order valence-corrected chi connectivity index (χ2v) is 8.49. The highest BCUT2D eigenvalue weighted by Crippen LogP contribution is 2.25. The van der Waals surface area contributed by atoms with Gasteiger partial charge < -0.3 is 23.8 Å². The predicted molar refractivity (Wildman–Crippen MR) is 123 cm³/mol. The van der Waals surface area contributed by atoms with E-state index in [1.807, 2.05) is 17.0 Å². The molecule has 0 atom stereocenters. The van der Waals surface area contributed by atoms with Crippen LogP contribution < -0.4 is 15.0 Å². The van der Waals surface area contributed by atoms with Crippen molar-refractivity contribution in [1.82, 2.24) is 19.3 Å². The summed E-state index contributed by atoms with van der Waals surface area (Å²) in [4.78, 5) is 32.8. The highest BCUT2D eigenvalue weighted by molar-refractivity contribution is 5.98. The number of amides is 1. The van der Waals surface area contributed by atoms with Crippen molar-refractivity contribution in [1.29, 1.82) is 0 Å². The summed E-state index contributed by atoms with van der Waals surface area (Å²) in [5.41, 5.74) is 2.41. The lowest BCUT2D eigenvalue weighted by Crippen LogP contribution is -2.47. The molecule has 0 saturated carbocycles. The molecule has 1 aromatic heterocycles. The van der Waals surface area contributed by atoms with E-state index >= 15 is 0 Å². The number of hydrogen-bond donors (Lipinski definition) is 0. The summed E-state index contributed by atoms with van der Waals surface area (Å²) in [6, 6.07) is 9.52. The van der Waals surface area contributed by atoms with Gasteiger partial charge in [-0.3, -0.25) is 14.5 Å². The fraction of sp³-hybridized carbons (Fsp3) is 0.500. The number of methoxy groups -OCH3 is 2. The Labute approximate surface area is 188 Å². The first-order chi connectivity index (χ1) is 15.5. The van der Waals surface area contributed by atoms with Gasteiger partial charge in [-0.1, -0.05) is 12.1 Å². The molecule has 8 heteroatoms. The van der Waals surface area contributed by atoms with Crippen LogP contribution in [0.1, 0.15) is 21.6 Å². The number of ether oxygens (including phenoxy) is 2. The molecule has 0 N–H and O–H groups in total. The largest absolute Gasteiger partial charge is 0.497 e. The predicted octanol–water partition coefficient (Wildman–Crippen LogP) is 1.31. The number of hydrogen-bond acceptors (Lipinski definition) is 6. The summed E-state index contributed by atoms with van der Waals surface area (Å²) in [5.74, 6) is 1.18. The van der Waals surface area contributed by atoms with Gasteiger partial charge >= 0.3 is 0 Å². The summed E-state index contributed by atoms with van der Waals surface area (Å²) in [7, 11) is 5.25. The van der Waals surface area contributed by atoms with Gasteiger partial charge in [-0.05, 0) is 24.7 Å². The molecule has 32 heavy (non-hydrogen) atoms. The number of aromatic nitrogens is 1. The number of carbonyl (C=O) groups excluding carboxylic acids is 1. The number of benzene rings is 1. The van der Waals surface area contributed by atoms with Gasteiger partial charge in [-0.2, -0.15) is 0 Å². The van der Waals surface area contributed by atoms with Crippen LogP contribution in [0, 0.1) is 0 Å². The molecule has 4 rings (SSSR count). The Bertz CT molecular complexity index is 1010. The number of rotatable bonds is 5. The number of carbonyl (C=O) groups is 1. The van der Waals surface area contributed by atoms with Crippen LogP contribution in [0.4, 0.5) is 0 Å². The van der Waals surface area contributed by atoms with E-state index in [4.69, 9.17) is 9.47 Å². The zero-order valence-electron chi connectivity index (χ0n) is 19.2. The van der Waals surface area contributed by atoms with Gasteiger partial charge in [0.1, 0.15) is 17.1 Å². The van der Waals surface area contributed by atoms with Gasteiger partial charge in [0.2, 0.25) is 0 Å². The fourth-order valence-electron chi connectivity index (χ4n) is 4.50. The minimum absolute atomic E-state index is 0.0395. The first kappa shape index (κ1) is 22.4. The number of nitrogens with zero attached hydrogens (tertiary/aromatic N) is 4. The normalized spacial score (nSPS) is 17.5. The minimum Gasteiger partial charge on any atom is -0.497 e. The Morgan fingerprint density at radius 1 is 0.938 bits per heavy atom. The molecule has 0 radical (unpaired) electrons. The minimum atomic E-state index is -0.113. The van der Waals surface area contributed by atoms with Crippen LogP contribution >= 0.6 is 0 Å². The van der Waals surface area contributed by atoms with Crippen LogP contribution in [-0.2, 0) is 19.5 Å². The van der Waals surface area contributed by atoms with Crippen molar-refractivity contribution in [3.8, 4) is 11.5 Å². The summed E-state index contributed by atoms with van der Waals surface area (Å²) < 4.78 is 12.5. The molecule has 1 amide bonds. The third-order valence-corrected chi connectivity index (χ3v) is 6.48. The van der Waals surface area contributed by atoms with Crippen LogP contribution in [0.25, 0.3) is 0 Å². The molecule has 1 fully saturated rings. The summed E-state index contributed by atoms with van der Waals surface area (Å²) >= 11 is 0. The highest BCUT2D eigenvalue weighted by atomic mass is 16.5. The SMILES string of the molecule is COc1ccc(CN2CCc3c(C(=O)N4CCN(C)CC4)c(OC)cc(=O)n3CC2)cc1. The van der Waals surface area contributed by atoms with E-state index in [1.54, 1.807) is 11.7 Å². The Balaban J connectivity index is 1.58. The third-order valence-electron chi connectivity index (χ3n) is 6.48. The molecular formula is C24H32N4O4. The summed E-state index contributed by atoms with van der Waals surface area (Å²) in [5, 5.41) is 0. The summed E-state index contributed by atoms with van der Waals surface area (Å²) in [6.07, 6.45) is 0.622. The second kappa shape index (κ2) is 9.75. The average molecular weight is 441 g/mol. The molecule has 2 aliphatic rings. The lowest BCUT2D eigenvalue weighted by atomic mass is 10.1. The summed E-state index contributed by atoms with van der Waals surface area (Å²) in [6.45, 7) is 5.90. The Morgan fingerprint density at radius 2 is 1.66 bits per heavy atom. The Kier molecular flexibility index (Phi) is 6.81. The van der Waals surface area contributed by atoms with Crippen molar-refractivity contribution >= 4 is 5.91 Å². The van der Waals surface area contributed by atoms with E-state index in [1.165, 1.54) is 18.7 Å². The Morgan fingerprint density at radius 3 is 2.31 bits per heavy atom. The van der Waals surface area contributed by atoms with Gasteiger partial charge in [0.25, 0.3) is 11.5 Å². The van der Waals surface area contributed by atoms with Crippen molar-refractivity contribution in [2.24, 2.45) is 0 Å². The van der Waals surface area contributed by atoms with Gasteiger partial charge in [-0.25, -0.2) is 0 Å². The zero-order valence-corrected chi connectivity index (χ0v) is 19.2. The molecule has 0 bridgehead atoms. The highest BCUT2D eigenvalue weighted by Gasteiger charge is 2.29. The lowest BCUT2D eigenvalue weighted by Gasteiger charge is -2.33. The van der Waals surface area contributed by atoms with Gasteiger partial charge in [-0.15, -0.1) is 0 Å². The maximum atomic E-state index is 13.5. The Hall–Kier alpha value is -2.84. The van der Waals surface area contributed by atoms with Gasteiger partial charge in [0.15, 0.2) is 0 Å². The van der Waals surface area contributed by atoms with Crippen LogP contribution in [0.2, 0.25) is 0 Å². The zero-order chi connectivity index (χ0) is 22.7. The number of fused-ring (bicyclic) bond motifs is 1. The maximum Gasteiger partial charge on any atom is 0.259 e. The third kappa shape index (κ3) is 4.66. The van der Waals surface area contributed by atoms with Crippen molar-refractivity contribution < 1.29 is 14.3 Å². The van der Waals surface area contributed by atoms with Crippen LogP contribution in [0.3, 0.4) is 0 Å². The van der Waals surface area contributed by atoms with Crippen molar-refractivity contribution in [3.63, 3.8) is 0 Å². The topological polar surface area (TPSA) is 67.2 Å². The monoisotopic (exact) mass is 440 g/mol. The molecule has 3 heterocycles. The number of pyridine rings is 1. The van der Waals surface area contributed by atoms with E-state index < -0.39 is 0 Å². The second-order valence-electron chi connectivity index (χ2n) is 8.49. The quantitative estimate of drug-likeness (QED) is 0.699. The van der Waals surface area contributed by atoms with Crippen LogP contribution in [0.15, 0.2) is 35.1 Å². The first-order valence-corrected chi connectivity index (χ1v) is 11.1. The van der Waals surface area contributed by atoms with E-state index in [0.717, 1.165) is 44.2 Å². The molecule has 8 nitrogen and oxygen atoms in total. The number of piperazine rings is 1. The van der Waals surface area contributed by atoms with Crippen molar-refractivity contribution in [2.45, 2.75) is 19.5 Å². The van der Waals surface area contributed by atoms with Gasteiger partial charge in [0.05, 0.1) is 14.2 Å². The van der Waals surface area contributed by atoms with Gasteiger partial charge in [0, 0.05) is 70.5 Å². The molecule has 0 unspecified atom stereocenters. The number of likely N-dealkylation sites (N-methyl/N-ethyl adjacent to an activating group) is 1. The first-order valence-electron chi connectivity index (χ1n) is 11.1.